The number of hydrogen-bond acceptors (Lipinski definition) is 7. The molecule has 0 aromatic carbocycles. The standard InChI is InChI=1S/C15H17N3O3S3/c19-12(20)7-18-13(21)11(24-15(18)22)6-10-8-23-14(17-10)16-9-4-2-1-3-5-9/h6,8-9H,1-5,7H2,(H,16,17)(H,19,20)/b11-6-. The van der Waals surface area contributed by atoms with Crippen molar-refractivity contribution in [3.05, 3.63) is 16.0 Å². The number of aromatic nitrogens is 1. The number of carboxylic acid groups (broad SMARTS) is 1. The molecular weight excluding hydrogens is 366 g/mol. The van der Waals surface area contributed by atoms with E-state index in [1.807, 2.05) is 5.38 Å². The van der Waals surface area contributed by atoms with Gasteiger partial charge in [0.1, 0.15) is 10.9 Å². The Morgan fingerprint density at radius 3 is 2.92 bits per heavy atom. The van der Waals surface area contributed by atoms with Gasteiger partial charge in [0.05, 0.1) is 10.6 Å². The first-order valence-electron chi connectivity index (χ1n) is 7.72. The van der Waals surface area contributed by atoms with Gasteiger partial charge in [0.2, 0.25) is 0 Å². The zero-order valence-electron chi connectivity index (χ0n) is 12.9. The van der Waals surface area contributed by atoms with Crippen molar-refractivity contribution >= 4 is 62.7 Å². The second kappa shape index (κ2) is 7.62. The van der Waals surface area contributed by atoms with E-state index >= 15 is 0 Å². The highest BCUT2D eigenvalue weighted by atomic mass is 32.2. The van der Waals surface area contributed by atoms with Crippen molar-refractivity contribution in [3.63, 3.8) is 0 Å². The third-order valence-electron chi connectivity index (χ3n) is 3.90. The van der Waals surface area contributed by atoms with Crippen LogP contribution >= 0.6 is 35.3 Å². The Morgan fingerprint density at radius 1 is 1.46 bits per heavy atom. The van der Waals surface area contributed by atoms with Crippen LogP contribution in [0.15, 0.2) is 10.3 Å². The second-order valence-corrected chi connectivity index (χ2v) is 8.25. The second-order valence-electron chi connectivity index (χ2n) is 5.72. The summed E-state index contributed by atoms with van der Waals surface area (Å²) in [5, 5.41) is 15.0. The number of nitrogens with zero attached hydrogens (tertiary/aromatic N) is 2. The first-order valence-corrected chi connectivity index (χ1v) is 9.82. The highest BCUT2D eigenvalue weighted by molar-refractivity contribution is 8.26. The molecule has 2 aliphatic rings. The van der Waals surface area contributed by atoms with E-state index in [2.05, 4.69) is 10.3 Å². The lowest BCUT2D eigenvalue weighted by Gasteiger charge is -2.22. The number of amides is 1. The maximum atomic E-state index is 12.2. The fourth-order valence-electron chi connectivity index (χ4n) is 2.75. The number of thioether (sulfide) groups is 1. The lowest BCUT2D eigenvalue weighted by Crippen LogP contribution is -2.33. The summed E-state index contributed by atoms with van der Waals surface area (Å²) in [6.45, 7) is -0.409. The van der Waals surface area contributed by atoms with Crippen molar-refractivity contribution in [2.45, 2.75) is 38.1 Å². The molecule has 1 amide bonds. The van der Waals surface area contributed by atoms with Gasteiger partial charge in [-0.05, 0) is 18.9 Å². The Kier molecular flexibility index (Phi) is 5.52. The molecule has 1 aliphatic carbocycles. The average molecular weight is 384 g/mol. The van der Waals surface area contributed by atoms with Gasteiger partial charge < -0.3 is 10.4 Å². The quantitative estimate of drug-likeness (QED) is 0.597. The number of carbonyl (C=O) groups excluding carboxylic acids is 1. The molecule has 9 heteroatoms. The molecule has 0 atom stereocenters. The lowest BCUT2D eigenvalue weighted by atomic mass is 9.96. The Bertz CT molecular complexity index is 695. The smallest absolute Gasteiger partial charge is 0.323 e. The normalized spacial score (nSPS) is 20.8. The summed E-state index contributed by atoms with van der Waals surface area (Å²) in [5.74, 6) is -1.46. The highest BCUT2D eigenvalue weighted by Crippen LogP contribution is 2.33. The summed E-state index contributed by atoms with van der Waals surface area (Å²) in [7, 11) is 0. The molecule has 2 heterocycles. The Balaban J connectivity index is 1.67. The van der Waals surface area contributed by atoms with Crippen molar-refractivity contribution in [2.24, 2.45) is 0 Å². The minimum Gasteiger partial charge on any atom is -0.480 e. The number of anilines is 1. The molecule has 0 spiro atoms. The molecular formula is C15H17N3O3S3. The van der Waals surface area contributed by atoms with Crippen molar-refractivity contribution in [1.82, 2.24) is 9.88 Å². The van der Waals surface area contributed by atoms with Crippen molar-refractivity contribution in [3.8, 4) is 0 Å². The molecule has 1 aromatic heterocycles. The molecule has 1 saturated carbocycles. The first-order chi connectivity index (χ1) is 11.5. The fraction of sp³-hybridized carbons (Fsp3) is 0.467. The van der Waals surface area contributed by atoms with Gasteiger partial charge in [-0.25, -0.2) is 4.98 Å². The summed E-state index contributed by atoms with van der Waals surface area (Å²) in [4.78, 5) is 29.0. The van der Waals surface area contributed by atoms with Crippen LogP contribution in [-0.4, -0.2) is 43.8 Å². The van der Waals surface area contributed by atoms with Crippen LogP contribution in [0.5, 0.6) is 0 Å². The van der Waals surface area contributed by atoms with Crippen LogP contribution in [-0.2, 0) is 9.59 Å². The van der Waals surface area contributed by atoms with E-state index in [-0.39, 0.29) is 10.2 Å². The molecule has 3 rings (SSSR count). The SMILES string of the molecule is O=C(O)CN1C(=O)/C(=C/c2csc(NC3CCCCC3)n2)SC1=S. The Hall–Kier alpha value is -1.45. The topological polar surface area (TPSA) is 82.5 Å². The van der Waals surface area contributed by atoms with Gasteiger partial charge in [0, 0.05) is 11.4 Å². The number of thiazole rings is 1. The molecule has 2 N–H and O–H groups in total. The number of aliphatic carboxylic acids is 1. The van der Waals surface area contributed by atoms with Gasteiger partial charge in [-0.15, -0.1) is 11.3 Å². The minimum absolute atomic E-state index is 0.268. The number of thiocarbonyl (C=S) groups is 1. The van der Waals surface area contributed by atoms with E-state index in [1.165, 1.54) is 43.4 Å². The number of rotatable bonds is 5. The van der Waals surface area contributed by atoms with Crippen LogP contribution in [0.1, 0.15) is 37.8 Å². The molecule has 1 saturated heterocycles. The molecule has 6 nitrogen and oxygen atoms in total. The maximum Gasteiger partial charge on any atom is 0.323 e. The summed E-state index contributed by atoms with van der Waals surface area (Å²) in [6.07, 6.45) is 7.82. The number of carboxylic acids is 1. The molecule has 24 heavy (non-hydrogen) atoms. The third kappa shape index (κ3) is 4.14. The molecule has 0 bridgehead atoms. The molecule has 128 valence electrons. The molecule has 0 unspecified atom stereocenters. The van der Waals surface area contributed by atoms with Gasteiger partial charge in [-0.2, -0.15) is 0 Å². The number of hydrogen-bond donors (Lipinski definition) is 2. The Labute approximate surface area is 153 Å². The summed E-state index contributed by atoms with van der Waals surface area (Å²) >= 11 is 7.70. The molecule has 2 fully saturated rings. The van der Waals surface area contributed by atoms with Crippen LogP contribution in [0.2, 0.25) is 0 Å². The minimum atomic E-state index is -1.08. The lowest BCUT2D eigenvalue weighted by molar-refractivity contribution is -0.140. The Morgan fingerprint density at radius 2 is 2.21 bits per heavy atom. The predicted octanol–water partition coefficient (Wildman–Crippen LogP) is 3.17. The van der Waals surface area contributed by atoms with E-state index in [9.17, 15) is 9.59 Å². The van der Waals surface area contributed by atoms with Crippen molar-refractivity contribution < 1.29 is 14.7 Å². The molecule has 1 aromatic rings. The van der Waals surface area contributed by atoms with Crippen LogP contribution in [0.25, 0.3) is 6.08 Å². The maximum absolute atomic E-state index is 12.2. The zero-order chi connectivity index (χ0) is 17.1. The van der Waals surface area contributed by atoms with Gasteiger partial charge in [0.15, 0.2) is 5.13 Å². The zero-order valence-corrected chi connectivity index (χ0v) is 15.3. The molecule has 1 aliphatic heterocycles. The summed E-state index contributed by atoms with van der Waals surface area (Å²) in [5.41, 5.74) is 0.689. The van der Waals surface area contributed by atoms with E-state index in [0.717, 1.165) is 21.8 Å². The van der Waals surface area contributed by atoms with Gasteiger partial charge in [-0.1, -0.05) is 43.2 Å². The highest BCUT2D eigenvalue weighted by Gasteiger charge is 2.33. The number of carbonyl (C=O) groups is 2. The van der Waals surface area contributed by atoms with E-state index in [4.69, 9.17) is 17.3 Å². The summed E-state index contributed by atoms with van der Waals surface area (Å²) < 4.78 is 0.268. The largest absolute Gasteiger partial charge is 0.480 e. The van der Waals surface area contributed by atoms with Crippen LogP contribution in [0.3, 0.4) is 0 Å². The van der Waals surface area contributed by atoms with Gasteiger partial charge >= 0.3 is 5.97 Å². The third-order valence-corrected chi connectivity index (χ3v) is 6.07. The first kappa shape index (κ1) is 17.4. The van der Waals surface area contributed by atoms with Crippen LogP contribution in [0, 0.1) is 0 Å². The van der Waals surface area contributed by atoms with Crippen molar-refractivity contribution in [2.75, 3.05) is 11.9 Å². The van der Waals surface area contributed by atoms with Crippen molar-refractivity contribution in [1.29, 1.82) is 0 Å². The van der Waals surface area contributed by atoms with E-state index in [0.29, 0.717) is 16.6 Å². The van der Waals surface area contributed by atoms with Crippen LogP contribution in [0.4, 0.5) is 5.13 Å². The summed E-state index contributed by atoms with van der Waals surface area (Å²) in [6, 6.07) is 0.478. The monoisotopic (exact) mass is 383 g/mol. The molecule has 0 radical (unpaired) electrons. The fourth-order valence-corrected chi connectivity index (χ4v) is 4.73. The number of nitrogens with one attached hydrogen (secondary N) is 1. The van der Waals surface area contributed by atoms with E-state index < -0.39 is 12.5 Å². The van der Waals surface area contributed by atoms with Crippen LogP contribution < -0.4 is 5.32 Å². The predicted molar refractivity (Wildman–Crippen MR) is 100 cm³/mol. The average Bonchev–Trinajstić information content (AvgIpc) is 3.08. The van der Waals surface area contributed by atoms with E-state index in [1.54, 1.807) is 6.08 Å². The van der Waals surface area contributed by atoms with Gasteiger partial charge in [0.25, 0.3) is 5.91 Å². The van der Waals surface area contributed by atoms with Gasteiger partial charge in [-0.3, -0.25) is 14.5 Å².